The minimum Gasteiger partial charge on any atom is -0.458 e. The van der Waals surface area contributed by atoms with E-state index < -0.39 is 12.1 Å². The third kappa shape index (κ3) is 1.54. The lowest BCUT2D eigenvalue weighted by Crippen LogP contribution is -2.08. The number of aliphatic hydroxyl groups is 1. The lowest BCUT2D eigenvalue weighted by Gasteiger charge is -2.09. The van der Waals surface area contributed by atoms with Crippen LogP contribution in [0.15, 0.2) is 42.0 Å². The monoisotopic (exact) mass is 190 g/mol. The minimum atomic E-state index is -0.869. The van der Waals surface area contributed by atoms with Crippen LogP contribution < -0.4 is 0 Å². The first-order valence-corrected chi connectivity index (χ1v) is 4.39. The number of hydrogen-bond acceptors (Lipinski definition) is 3. The summed E-state index contributed by atoms with van der Waals surface area (Å²) in [6, 6.07) is 9.05. The zero-order chi connectivity index (χ0) is 9.97. The average molecular weight is 190 g/mol. The number of carbonyl (C=O) groups is 1. The van der Waals surface area contributed by atoms with E-state index in [0.29, 0.717) is 11.1 Å². The molecule has 72 valence electrons. The molecule has 0 saturated carbocycles. The quantitative estimate of drug-likeness (QED) is 0.713. The van der Waals surface area contributed by atoms with Crippen molar-refractivity contribution in [1.29, 1.82) is 0 Å². The van der Waals surface area contributed by atoms with Crippen LogP contribution in [0.4, 0.5) is 0 Å². The normalized spacial score (nSPS) is 17.5. The van der Waals surface area contributed by atoms with E-state index in [1.807, 2.05) is 18.2 Å². The lowest BCUT2D eigenvalue weighted by atomic mass is 10.0. The third-order valence-electron chi connectivity index (χ3n) is 2.16. The van der Waals surface area contributed by atoms with Gasteiger partial charge in [0.25, 0.3) is 0 Å². The number of aliphatic hydroxyl groups excluding tert-OH is 1. The molecule has 3 nitrogen and oxygen atoms in total. The van der Waals surface area contributed by atoms with Gasteiger partial charge in [-0.3, -0.25) is 0 Å². The second kappa shape index (κ2) is 3.64. The Bertz CT molecular complexity index is 367. The molecule has 14 heavy (non-hydrogen) atoms. The minimum absolute atomic E-state index is 0.262. The van der Waals surface area contributed by atoms with Gasteiger partial charge in [-0.2, -0.15) is 0 Å². The summed E-state index contributed by atoms with van der Waals surface area (Å²) < 4.78 is 4.72. The van der Waals surface area contributed by atoms with Crippen LogP contribution in [-0.2, 0) is 9.53 Å². The Labute approximate surface area is 81.6 Å². The number of esters is 1. The van der Waals surface area contributed by atoms with E-state index in [1.54, 1.807) is 18.2 Å². The average Bonchev–Trinajstić information content (AvgIpc) is 2.65. The summed E-state index contributed by atoms with van der Waals surface area (Å²) in [5, 5.41) is 9.82. The molecule has 1 aromatic carbocycles. The van der Waals surface area contributed by atoms with E-state index in [-0.39, 0.29) is 6.61 Å². The highest BCUT2D eigenvalue weighted by atomic mass is 16.5. The largest absolute Gasteiger partial charge is 0.458 e. The van der Waals surface area contributed by atoms with Gasteiger partial charge in [0.15, 0.2) is 0 Å². The molecule has 0 aromatic heterocycles. The Kier molecular flexibility index (Phi) is 2.33. The molecule has 1 aromatic rings. The van der Waals surface area contributed by atoms with Gasteiger partial charge in [0.2, 0.25) is 0 Å². The zero-order valence-corrected chi connectivity index (χ0v) is 7.51. The van der Waals surface area contributed by atoms with Gasteiger partial charge in [-0.1, -0.05) is 30.3 Å². The molecule has 1 aliphatic rings. The van der Waals surface area contributed by atoms with Crippen molar-refractivity contribution in [1.82, 2.24) is 0 Å². The van der Waals surface area contributed by atoms with Crippen LogP contribution in [0.25, 0.3) is 0 Å². The van der Waals surface area contributed by atoms with Crippen LogP contribution in [0.5, 0.6) is 0 Å². The van der Waals surface area contributed by atoms with E-state index in [0.717, 1.165) is 0 Å². The number of ether oxygens (including phenoxy) is 1. The molecule has 0 radical (unpaired) electrons. The van der Waals surface area contributed by atoms with Crippen molar-refractivity contribution in [3.8, 4) is 0 Å². The highest BCUT2D eigenvalue weighted by Gasteiger charge is 2.24. The number of cyclic esters (lactones) is 1. The van der Waals surface area contributed by atoms with Crippen molar-refractivity contribution in [2.75, 3.05) is 6.61 Å². The van der Waals surface area contributed by atoms with Crippen molar-refractivity contribution >= 4 is 5.97 Å². The van der Waals surface area contributed by atoms with E-state index in [1.165, 1.54) is 0 Å². The first-order valence-electron chi connectivity index (χ1n) is 4.39. The summed E-state index contributed by atoms with van der Waals surface area (Å²) in [6.45, 7) is 0.262. The summed E-state index contributed by atoms with van der Waals surface area (Å²) in [5.74, 6) is -0.429. The van der Waals surface area contributed by atoms with Crippen molar-refractivity contribution in [2.24, 2.45) is 0 Å². The lowest BCUT2D eigenvalue weighted by molar-refractivity contribution is -0.136. The first-order chi connectivity index (χ1) is 6.79. The molecular weight excluding hydrogens is 180 g/mol. The van der Waals surface area contributed by atoms with E-state index in [4.69, 9.17) is 4.74 Å². The Balaban J connectivity index is 2.24. The maximum absolute atomic E-state index is 11.1. The van der Waals surface area contributed by atoms with Gasteiger partial charge >= 0.3 is 5.97 Å². The zero-order valence-electron chi connectivity index (χ0n) is 7.51. The van der Waals surface area contributed by atoms with Crippen LogP contribution in [0, 0.1) is 0 Å². The fourth-order valence-corrected chi connectivity index (χ4v) is 1.41. The molecule has 0 aliphatic carbocycles. The van der Waals surface area contributed by atoms with Gasteiger partial charge in [0.1, 0.15) is 12.7 Å². The van der Waals surface area contributed by atoms with Crippen LogP contribution in [0.1, 0.15) is 11.7 Å². The van der Waals surface area contributed by atoms with Crippen LogP contribution in [0.3, 0.4) is 0 Å². The molecule has 0 spiro atoms. The van der Waals surface area contributed by atoms with Crippen molar-refractivity contribution in [3.63, 3.8) is 0 Å². The van der Waals surface area contributed by atoms with Gasteiger partial charge < -0.3 is 9.84 Å². The van der Waals surface area contributed by atoms with Gasteiger partial charge in [0.05, 0.1) is 5.57 Å². The van der Waals surface area contributed by atoms with E-state index in [9.17, 15) is 9.90 Å². The van der Waals surface area contributed by atoms with Gasteiger partial charge in [-0.15, -0.1) is 0 Å². The van der Waals surface area contributed by atoms with Crippen LogP contribution in [-0.4, -0.2) is 17.7 Å². The predicted molar refractivity (Wildman–Crippen MR) is 50.4 cm³/mol. The number of carbonyl (C=O) groups excluding carboxylic acids is 1. The fourth-order valence-electron chi connectivity index (χ4n) is 1.41. The highest BCUT2D eigenvalue weighted by Crippen LogP contribution is 2.24. The van der Waals surface area contributed by atoms with E-state index >= 15 is 0 Å². The van der Waals surface area contributed by atoms with Gasteiger partial charge in [0, 0.05) is 0 Å². The number of rotatable bonds is 2. The standard InChI is InChI=1S/C11H10O3/c12-10(8-4-2-1-3-5-8)9-6-7-14-11(9)13/h1-6,10,12H,7H2. The maximum atomic E-state index is 11.1. The third-order valence-corrected chi connectivity index (χ3v) is 2.16. The molecule has 0 fully saturated rings. The summed E-state index contributed by atoms with van der Waals surface area (Å²) in [4.78, 5) is 11.1. The molecule has 1 N–H and O–H groups in total. The summed E-state index contributed by atoms with van der Waals surface area (Å²) in [5.41, 5.74) is 1.04. The second-order valence-electron chi connectivity index (χ2n) is 3.07. The Hall–Kier alpha value is -1.61. The van der Waals surface area contributed by atoms with Crippen LogP contribution >= 0.6 is 0 Å². The van der Waals surface area contributed by atoms with Gasteiger partial charge in [-0.05, 0) is 11.6 Å². The maximum Gasteiger partial charge on any atom is 0.337 e. The summed E-state index contributed by atoms with van der Waals surface area (Å²) >= 11 is 0. The van der Waals surface area contributed by atoms with Crippen molar-refractivity contribution < 1.29 is 14.6 Å². The molecule has 0 bridgehead atoms. The Morgan fingerprint density at radius 2 is 2.00 bits per heavy atom. The topological polar surface area (TPSA) is 46.5 Å². The molecule has 2 rings (SSSR count). The molecule has 0 amide bonds. The Morgan fingerprint density at radius 3 is 2.57 bits per heavy atom. The molecule has 1 atom stereocenters. The van der Waals surface area contributed by atoms with Crippen LogP contribution in [0.2, 0.25) is 0 Å². The predicted octanol–water partition coefficient (Wildman–Crippen LogP) is 1.20. The highest BCUT2D eigenvalue weighted by molar-refractivity contribution is 5.91. The summed E-state index contributed by atoms with van der Waals surface area (Å²) in [7, 11) is 0. The van der Waals surface area contributed by atoms with Crippen molar-refractivity contribution in [3.05, 3.63) is 47.5 Å². The first kappa shape index (κ1) is 8.97. The van der Waals surface area contributed by atoms with E-state index in [2.05, 4.69) is 0 Å². The number of hydrogen-bond donors (Lipinski definition) is 1. The second-order valence-corrected chi connectivity index (χ2v) is 3.07. The smallest absolute Gasteiger partial charge is 0.337 e. The van der Waals surface area contributed by atoms with Gasteiger partial charge in [-0.25, -0.2) is 4.79 Å². The molecular formula is C11H10O3. The fraction of sp³-hybridized carbons (Fsp3) is 0.182. The Morgan fingerprint density at radius 1 is 1.29 bits per heavy atom. The van der Waals surface area contributed by atoms with Crippen molar-refractivity contribution in [2.45, 2.75) is 6.10 Å². The molecule has 1 heterocycles. The summed E-state index contributed by atoms with van der Waals surface area (Å²) in [6.07, 6.45) is 0.742. The molecule has 1 aliphatic heterocycles. The SMILES string of the molecule is O=C1OCC=C1C(O)c1ccccc1. The molecule has 3 heteroatoms. The molecule has 1 unspecified atom stereocenters. The number of benzene rings is 1. The molecule has 0 saturated heterocycles.